The molecule has 128 valence electrons. The minimum atomic E-state index is -0.213. The topological polar surface area (TPSA) is 81.1 Å². The summed E-state index contributed by atoms with van der Waals surface area (Å²) in [6.45, 7) is 3.88. The lowest BCUT2D eigenvalue weighted by Crippen LogP contribution is -2.37. The van der Waals surface area contributed by atoms with E-state index in [0.29, 0.717) is 13.2 Å². The number of hydrogen-bond acceptors (Lipinski definition) is 4. The van der Waals surface area contributed by atoms with Crippen LogP contribution in [0.25, 0.3) is 0 Å². The van der Waals surface area contributed by atoms with Crippen LogP contribution >= 0.6 is 0 Å². The second-order valence-corrected chi connectivity index (χ2v) is 6.03. The van der Waals surface area contributed by atoms with Gasteiger partial charge in [-0.25, -0.2) is 4.79 Å². The number of carbonyl (C=O) groups is 1. The number of nitrogens with one attached hydrogen (secondary N) is 2. The second kappa shape index (κ2) is 7.44. The zero-order valence-corrected chi connectivity index (χ0v) is 14.1. The molecule has 0 aliphatic carbocycles. The average molecular weight is 329 g/mol. The Morgan fingerprint density at radius 3 is 3.04 bits per heavy atom. The molecule has 1 aliphatic rings. The molecule has 1 unspecified atom stereocenters. The fraction of sp³-hybridized carbons (Fsp3) is 0.471. The molecule has 2 amide bonds. The number of fused-ring (bicyclic) bond motifs is 1. The molecule has 0 bridgehead atoms. The molecule has 2 heterocycles. The zero-order valence-electron chi connectivity index (χ0n) is 14.1. The third-order valence-corrected chi connectivity index (χ3v) is 4.13. The first-order valence-corrected chi connectivity index (χ1v) is 8.20. The van der Waals surface area contributed by atoms with Crippen molar-refractivity contribution in [1.82, 2.24) is 25.4 Å². The molecule has 2 aromatic rings. The van der Waals surface area contributed by atoms with Gasteiger partial charge >= 0.3 is 6.03 Å². The van der Waals surface area contributed by atoms with Crippen LogP contribution in [0.4, 0.5) is 4.79 Å². The molecule has 1 aromatic carbocycles. The molecule has 1 atom stereocenters. The van der Waals surface area contributed by atoms with Gasteiger partial charge in [-0.05, 0) is 24.5 Å². The number of methoxy groups -OCH3 is 1. The van der Waals surface area contributed by atoms with Gasteiger partial charge in [0.25, 0.3) is 0 Å². The van der Waals surface area contributed by atoms with E-state index in [4.69, 9.17) is 4.74 Å². The number of ether oxygens (including phenoxy) is 1. The number of nitrogens with zero attached hydrogens (tertiary/aromatic N) is 3. The molecular weight excluding hydrogens is 306 g/mol. The Morgan fingerprint density at radius 2 is 2.21 bits per heavy atom. The number of rotatable bonds is 6. The maximum atomic E-state index is 12.1. The molecule has 0 saturated heterocycles. The van der Waals surface area contributed by atoms with E-state index < -0.39 is 0 Å². The Balaban J connectivity index is 1.53. The molecule has 0 fully saturated rings. The molecule has 1 aliphatic heterocycles. The summed E-state index contributed by atoms with van der Waals surface area (Å²) in [7, 11) is 1.67. The highest BCUT2D eigenvalue weighted by molar-refractivity contribution is 5.74. The minimum Gasteiger partial charge on any atom is -0.380 e. The number of amides is 2. The number of aryl methyl sites for hydroxylation is 1. The van der Waals surface area contributed by atoms with Crippen LogP contribution in [0, 0.1) is 0 Å². The highest BCUT2D eigenvalue weighted by Crippen LogP contribution is 2.18. The lowest BCUT2D eigenvalue weighted by Gasteiger charge is -2.15. The Morgan fingerprint density at radius 1 is 1.38 bits per heavy atom. The van der Waals surface area contributed by atoms with Crippen LogP contribution in [0.5, 0.6) is 0 Å². The largest absolute Gasteiger partial charge is 0.380 e. The van der Waals surface area contributed by atoms with Crippen molar-refractivity contribution in [2.75, 3.05) is 7.11 Å². The van der Waals surface area contributed by atoms with E-state index in [9.17, 15) is 4.79 Å². The summed E-state index contributed by atoms with van der Waals surface area (Å²) in [6, 6.07) is 7.58. The summed E-state index contributed by atoms with van der Waals surface area (Å²) in [5, 5.41) is 14.2. The van der Waals surface area contributed by atoms with Gasteiger partial charge in [0.05, 0.1) is 12.6 Å². The van der Waals surface area contributed by atoms with E-state index in [1.807, 2.05) is 31.2 Å². The van der Waals surface area contributed by atoms with E-state index in [1.165, 1.54) is 0 Å². The third-order valence-electron chi connectivity index (χ3n) is 4.13. The van der Waals surface area contributed by atoms with Crippen molar-refractivity contribution in [3.63, 3.8) is 0 Å². The van der Waals surface area contributed by atoms with Crippen LogP contribution in [0.3, 0.4) is 0 Å². The van der Waals surface area contributed by atoms with Crippen LogP contribution in [-0.4, -0.2) is 27.9 Å². The molecule has 7 heteroatoms. The molecule has 3 rings (SSSR count). The maximum Gasteiger partial charge on any atom is 0.315 e. The van der Waals surface area contributed by atoms with Gasteiger partial charge in [0.15, 0.2) is 5.82 Å². The standard InChI is InChI=1S/C17H23N5O2/c1-12(16-21-20-15-7-4-8-22(15)16)19-17(23)18-10-13-5-3-6-14(9-13)11-24-2/h3,5-6,9,12H,4,7-8,10-11H2,1-2H3,(H2,18,19,23). The predicted octanol–water partition coefficient (Wildman–Crippen LogP) is 1.93. The van der Waals surface area contributed by atoms with E-state index in [-0.39, 0.29) is 12.1 Å². The van der Waals surface area contributed by atoms with Crippen LogP contribution < -0.4 is 10.6 Å². The summed E-state index contributed by atoms with van der Waals surface area (Å²) < 4.78 is 7.22. The molecule has 1 aromatic heterocycles. The Bertz CT molecular complexity index is 713. The average Bonchev–Trinajstić information content (AvgIpc) is 3.16. The van der Waals surface area contributed by atoms with Crippen molar-refractivity contribution in [2.24, 2.45) is 0 Å². The Kier molecular flexibility index (Phi) is 5.10. The third kappa shape index (κ3) is 3.73. The number of benzene rings is 1. The Labute approximate surface area is 141 Å². The summed E-state index contributed by atoms with van der Waals surface area (Å²) in [5.74, 6) is 1.83. The predicted molar refractivity (Wildman–Crippen MR) is 89.3 cm³/mol. The molecule has 7 nitrogen and oxygen atoms in total. The van der Waals surface area contributed by atoms with Gasteiger partial charge in [0, 0.05) is 26.6 Å². The van der Waals surface area contributed by atoms with E-state index >= 15 is 0 Å². The fourth-order valence-electron chi connectivity index (χ4n) is 2.98. The van der Waals surface area contributed by atoms with Gasteiger partial charge in [-0.15, -0.1) is 10.2 Å². The first kappa shape index (κ1) is 16.4. The summed E-state index contributed by atoms with van der Waals surface area (Å²) >= 11 is 0. The smallest absolute Gasteiger partial charge is 0.315 e. The quantitative estimate of drug-likeness (QED) is 0.848. The van der Waals surface area contributed by atoms with Crippen molar-refractivity contribution in [2.45, 2.75) is 45.5 Å². The molecule has 2 N–H and O–H groups in total. The van der Waals surface area contributed by atoms with Gasteiger partial charge in [0.2, 0.25) is 0 Å². The number of hydrogen-bond donors (Lipinski definition) is 2. The van der Waals surface area contributed by atoms with Crippen LogP contribution in [-0.2, 0) is 30.9 Å². The monoisotopic (exact) mass is 329 g/mol. The van der Waals surface area contributed by atoms with Crippen molar-refractivity contribution in [3.8, 4) is 0 Å². The van der Waals surface area contributed by atoms with Crippen molar-refractivity contribution >= 4 is 6.03 Å². The maximum absolute atomic E-state index is 12.1. The van der Waals surface area contributed by atoms with Crippen LogP contribution in [0.15, 0.2) is 24.3 Å². The highest BCUT2D eigenvalue weighted by Gasteiger charge is 2.22. The first-order valence-electron chi connectivity index (χ1n) is 8.20. The van der Waals surface area contributed by atoms with Crippen LogP contribution in [0.1, 0.15) is 42.2 Å². The molecule has 0 spiro atoms. The molecule has 0 saturated carbocycles. The van der Waals surface area contributed by atoms with Gasteiger partial charge < -0.3 is 19.9 Å². The highest BCUT2D eigenvalue weighted by atomic mass is 16.5. The number of aromatic nitrogens is 3. The van der Waals surface area contributed by atoms with Gasteiger partial charge in [0.1, 0.15) is 5.82 Å². The minimum absolute atomic E-state index is 0.177. The van der Waals surface area contributed by atoms with Crippen molar-refractivity contribution in [3.05, 3.63) is 47.0 Å². The summed E-state index contributed by atoms with van der Waals surface area (Å²) in [6.07, 6.45) is 2.05. The second-order valence-electron chi connectivity index (χ2n) is 6.03. The van der Waals surface area contributed by atoms with Crippen molar-refractivity contribution < 1.29 is 9.53 Å². The number of carbonyl (C=O) groups excluding carboxylic acids is 1. The first-order chi connectivity index (χ1) is 11.7. The van der Waals surface area contributed by atoms with E-state index in [1.54, 1.807) is 7.11 Å². The lowest BCUT2D eigenvalue weighted by atomic mass is 10.1. The molecule has 0 radical (unpaired) electrons. The summed E-state index contributed by atoms with van der Waals surface area (Å²) in [5.41, 5.74) is 2.13. The zero-order chi connectivity index (χ0) is 16.9. The Hall–Kier alpha value is -2.41. The molecular formula is C17H23N5O2. The van der Waals surface area contributed by atoms with E-state index in [2.05, 4.69) is 25.4 Å². The van der Waals surface area contributed by atoms with E-state index in [0.717, 1.165) is 42.2 Å². The fourth-order valence-corrected chi connectivity index (χ4v) is 2.98. The van der Waals surface area contributed by atoms with Gasteiger partial charge in [-0.3, -0.25) is 0 Å². The molecule has 24 heavy (non-hydrogen) atoms. The normalized spacial score (nSPS) is 14.2. The van der Waals surface area contributed by atoms with Crippen molar-refractivity contribution in [1.29, 1.82) is 0 Å². The van der Waals surface area contributed by atoms with Gasteiger partial charge in [-0.2, -0.15) is 0 Å². The number of urea groups is 1. The lowest BCUT2D eigenvalue weighted by molar-refractivity contribution is 0.185. The SMILES string of the molecule is COCc1cccc(CNC(=O)NC(C)c2nnc3n2CCC3)c1. The van der Waals surface area contributed by atoms with Crippen LogP contribution in [0.2, 0.25) is 0 Å². The van der Waals surface area contributed by atoms with Gasteiger partial charge in [-0.1, -0.05) is 24.3 Å². The summed E-state index contributed by atoms with van der Waals surface area (Å²) in [4.78, 5) is 12.1.